The Bertz CT molecular complexity index is 751. The van der Waals surface area contributed by atoms with Crippen molar-refractivity contribution in [3.8, 4) is 0 Å². The standard InChI is InChI=1S/C14H12Cl2FNO2S/c1-18(11-5-3-2-4-6-11)21(19,20)12-7-10(9-15)14(16)13(17)8-12/h2-8H,9H2,1H3. The highest BCUT2D eigenvalue weighted by atomic mass is 35.5. The van der Waals surface area contributed by atoms with Gasteiger partial charge in [-0.1, -0.05) is 29.8 Å². The Labute approximate surface area is 133 Å². The fourth-order valence-corrected chi connectivity index (χ4v) is 3.51. The fourth-order valence-electron chi connectivity index (χ4n) is 1.80. The van der Waals surface area contributed by atoms with Crippen LogP contribution < -0.4 is 4.31 Å². The van der Waals surface area contributed by atoms with Gasteiger partial charge in [0.25, 0.3) is 10.0 Å². The molecule has 0 radical (unpaired) electrons. The van der Waals surface area contributed by atoms with Crippen molar-refractivity contribution in [1.82, 2.24) is 0 Å². The first-order valence-corrected chi connectivity index (χ1v) is 8.31. The van der Waals surface area contributed by atoms with Crippen LogP contribution in [0.15, 0.2) is 47.4 Å². The van der Waals surface area contributed by atoms with E-state index >= 15 is 0 Å². The maximum absolute atomic E-state index is 13.7. The third-order valence-corrected chi connectivity index (χ3v) is 5.47. The Morgan fingerprint density at radius 3 is 2.38 bits per heavy atom. The highest BCUT2D eigenvalue weighted by Crippen LogP contribution is 2.28. The van der Waals surface area contributed by atoms with Crippen molar-refractivity contribution in [3.05, 3.63) is 58.9 Å². The van der Waals surface area contributed by atoms with E-state index in [1.807, 2.05) is 0 Å². The van der Waals surface area contributed by atoms with E-state index in [2.05, 4.69) is 0 Å². The highest BCUT2D eigenvalue weighted by molar-refractivity contribution is 7.92. The molecule has 0 amide bonds. The van der Waals surface area contributed by atoms with Gasteiger partial charge in [-0.2, -0.15) is 0 Å². The van der Waals surface area contributed by atoms with Gasteiger partial charge in [-0.25, -0.2) is 12.8 Å². The smallest absolute Gasteiger partial charge is 0.264 e. The minimum atomic E-state index is -3.89. The van der Waals surface area contributed by atoms with Crippen LogP contribution in [0.4, 0.5) is 10.1 Å². The molecular weight excluding hydrogens is 336 g/mol. The third-order valence-electron chi connectivity index (χ3n) is 3.00. The summed E-state index contributed by atoms with van der Waals surface area (Å²) >= 11 is 11.4. The molecule has 7 heteroatoms. The number of para-hydroxylation sites is 1. The first kappa shape index (κ1) is 16.1. The number of halogens is 3. The molecule has 0 fully saturated rings. The van der Waals surface area contributed by atoms with Crippen LogP contribution in [0.3, 0.4) is 0 Å². The van der Waals surface area contributed by atoms with Crippen LogP contribution in [0.5, 0.6) is 0 Å². The van der Waals surface area contributed by atoms with Crippen molar-refractivity contribution in [2.45, 2.75) is 10.8 Å². The molecule has 0 saturated carbocycles. The maximum atomic E-state index is 13.7. The quantitative estimate of drug-likeness (QED) is 0.782. The summed E-state index contributed by atoms with van der Waals surface area (Å²) in [6, 6.07) is 10.7. The van der Waals surface area contributed by atoms with Crippen LogP contribution in [-0.4, -0.2) is 15.5 Å². The Balaban J connectivity index is 2.52. The number of alkyl halides is 1. The molecule has 0 saturated heterocycles. The number of anilines is 1. The van der Waals surface area contributed by atoms with Crippen molar-refractivity contribution in [2.75, 3.05) is 11.4 Å². The zero-order valence-corrected chi connectivity index (χ0v) is 13.4. The molecule has 0 unspecified atom stereocenters. The van der Waals surface area contributed by atoms with E-state index in [-0.39, 0.29) is 21.4 Å². The maximum Gasteiger partial charge on any atom is 0.264 e. The zero-order chi connectivity index (χ0) is 15.6. The normalized spacial score (nSPS) is 11.4. The molecule has 0 N–H and O–H groups in total. The van der Waals surface area contributed by atoms with Crippen molar-refractivity contribution in [1.29, 1.82) is 0 Å². The van der Waals surface area contributed by atoms with E-state index < -0.39 is 15.8 Å². The number of benzene rings is 2. The number of rotatable bonds is 4. The average Bonchev–Trinajstić information content (AvgIpc) is 2.49. The highest BCUT2D eigenvalue weighted by Gasteiger charge is 2.23. The molecule has 21 heavy (non-hydrogen) atoms. The van der Waals surface area contributed by atoms with Crippen LogP contribution in [-0.2, 0) is 15.9 Å². The summed E-state index contributed by atoms with van der Waals surface area (Å²) in [6.45, 7) is 0. The summed E-state index contributed by atoms with van der Waals surface area (Å²) in [6.07, 6.45) is 0. The van der Waals surface area contributed by atoms with Crippen molar-refractivity contribution >= 4 is 38.9 Å². The molecule has 2 rings (SSSR count). The monoisotopic (exact) mass is 347 g/mol. The largest absolute Gasteiger partial charge is 0.269 e. The SMILES string of the molecule is CN(c1ccccc1)S(=O)(=O)c1cc(F)c(Cl)c(CCl)c1. The lowest BCUT2D eigenvalue weighted by Crippen LogP contribution is -2.26. The molecule has 0 heterocycles. The molecule has 0 aliphatic heterocycles. The zero-order valence-electron chi connectivity index (χ0n) is 11.1. The van der Waals surface area contributed by atoms with Crippen LogP contribution in [0.1, 0.15) is 5.56 Å². The van der Waals surface area contributed by atoms with Gasteiger partial charge in [-0.05, 0) is 29.8 Å². The second kappa shape index (κ2) is 6.22. The van der Waals surface area contributed by atoms with Gasteiger partial charge in [0.05, 0.1) is 15.6 Å². The van der Waals surface area contributed by atoms with Gasteiger partial charge < -0.3 is 0 Å². The van der Waals surface area contributed by atoms with Crippen LogP contribution in [0.2, 0.25) is 5.02 Å². The van der Waals surface area contributed by atoms with Gasteiger partial charge in [-0.15, -0.1) is 11.6 Å². The summed E-state index contributed by atoms with van der Waals surface area (Å²) in [5, 5.41) is -0.161. The van der Waals surface area contributed by atoms with E-state index in [0.29, 0.717) is 5.69 Å². The van der Waals surface area contributed by atoms with Gasteiger partial charge >= 0.3 is 0 Å². The van der Waals surface area contributed by atoms with Crippen molar-refractivity contribution in [2.24, 2.45) is 0 Å². The lowest BCUT2D eigenvalue weighted by molar-refractivity contribution is 0.589. The number of hydrogen-bond acceptors (Lipinski definition) is 2. The second-order valence-electron chi connectivity index (χ2n) is 4.32. The summed E-state index contributed by atoms with van der Waals surface area (Å²) in [7, 11) is -2.49. The summed E-state index contributed by atoms with van der Waals surface area (Å²) in [4.78, 5) is -0.189. The van der Waals surface area contributed by atoms with E-state index in [1.165, 1.54) is 13.1 Å². The molecule has 2 aromatic carbocycles. The van der Waals surface area contributed by atoms with E-state index in [1.54, 1.807) is 30.3 Å². The van der Waals surface area contributed by atoms with Crippen LogP contribution >= 0.6 is 23.2 Å². The van der Waals surface area contributed by atoms with E-state index in [9.17, 15) is 12.8 Å². The molecule has 2 aromatic rings. The van der Waals surface area contributed by atoms with Gasteiger partial charge in [0, 0.05) is 12.9 Å². The minimum absolute atomic E-state index is 0.0752. The lowest BCUT2D eigenvalue weighted by atomic mass is 10.2. The first-order chi connectivity index (χ1) is 9.87. The topological polar surface area (TPSA) is 37.4 Å². The Morgan fingerprint density at radius 1 is 1.19 bits per heavy atom. The summed E-state index contributed by atoms with van der Waals surface area (Å²) in [5.74, 6) is -0.886. The molecular formula is C14H12Cl2FNO2S. The van der Waals surface area contributed by atoms with Gasteiger partial charge in [0.1, 0.15) is 5.82 Å². The minimum Gasteiger partial charge on any atom is -0.269 e. The van der Waals surface area contributed by atoms with Gasteiger partial charge in [0.15, 0.2) is 0 Å². The molecule has 0 spiro atoms. The number of sulfonamides is 1. The Morgan fingerprint density at radius 2 is 1.81 bits per heavy atom. The Hall–Kier alpha value is -1.30. The van der Waals surface area contributed by atoms with Gasteiger partial charge in [-0.3, -0.25) is 4.31 Å². The molecule has 0 atom stereocenters. The van der Waals surface area contributed by atoms with Crippen LogP contribution in [0.25, 0.3) is 0 Å². The molecule has 3 nitrogen and oxygen atoms in total. The van der Waals surface area contributed by atoms with Gasteiger partial charge in [0.2, 0.25) is 0 Å². The van der Waals surface area contributed by atoms with E-state index in [0.717, 1.165) is 10.4 Å². The molecule has 112 valence electrons. The molecule has 0 bridgehead atoms. The predicted octanol–water partition coefficient (Wildman–Crippen LogP) is 4.04. The number of nitrogens with zero attached hydrogens (tertiary/aromatic N) is 1. The third kappa shape index (κ3) is 3.15. The van der Waals surface area contributed by atoms with E-state index in [4.69, 9.17) is 23.2 Å². The molecule has 0 aliphatic rings. The second-order valence-corrected chi connectivity index (χ2v) is 6.93. The fraction of sp³-hybridized carbons (Fsp3) is 0.143. The predicted molar refractivity (Wildman–Crippen MR) is 83.0 cm³/mol. The van der Waals surface area contributed by atoms with Crippen molar-refractivity contribution < 1.29 is 12.8 Å². The lowest BCUT2D eigenvalue weighted by Gasteiger charge is -2.20. The summed E-state index contributed by atoms with van der Waals surface area (Å²) < 4.78 is 39.9. The average molecular weight is 348 g/mol. The van der Waals surface area contributed by atoms with Crippen LogP contribution in [0, 0.1) is 5.82 Å². The molecule has 0 aromatic heterocycles. The first-order valence-electron chi connectivity index (χ1n) is 5.96. The number of hydrogen-bond donors (Lipinski definition) is 0. The Kier molecular flexibility index (Phi) is 4.76. The van der Waals surface area contributed by atoms with Crippen molar-refractivity contribution in [3.63, 3.8) is 0 Å². The summed E-state index contributed by atoms with van der Waals surface area (Å²) in [5.41, 5.74) is 0.707. The molecule has 0 aliphatic carbocycles.